The van der Waals surface area contributed by atoms with Crippen LogP contribution in [0.4, 0.5) is 5.82 Å². The lowest BCUT2D eigenvalue weighted by Gasteiger charge is -2.16. The SMILES string of the molecule is COCCN1CC(NC(=O)c2ccc(N)nc2)CC1=O. The molecule has 0 aliphatic carbocycles. The van der Waals surface area contributed by atoms with Crippen LogP contribution in [0.25, 0.3) is 0 Å². The molecule has 0 bridgehead atoms. The highest BCUT2D eigenvalue weighted by Crippen LogP contribution is 2.11. The van der Waals surface area contributed by atoms with Crippen LogP contribution >= 0.6 is 0 Å². The molecule has 1 aromatic rings. The standard InChI is InChI=1S/C13H18N4O3/c1-20-5-4-17-8-10(6-12(17)18)16-13(19)9-2-3-11(14)15-7-9/h2-3,7,10H,4-6,8H2,1H3,(H2,14,15)(H,16,19). The molecule has 0 spiro atoms. The van der Waals surface area contributed by atoms with E-state index in [2.05, 4.69) is 10.3 Å². The molecule has 3 N–H and O–H groups in total. The topological polar surface area (TPSA) is 97.6 Å². The molecule has 0 aromatic carbocycles. The van der Waals surface area contributed by atoms with E-state index in [1.807, 2.05) is 0 Å². The van der Waals surface area contributed by atoms with Gasteiger partial charge in [-0.05, 0) is 12.1 Å². The maximum Gasteiger partial charge on any atom is 0.253 e. The third-order valence-electron chi connectivity index (χ3n) is 3.16. The van der Waals surface area contributed by atoms with E-state index in [4.69, 9.17) is 10.5 Å². The molecule has 0 saturated carbocycles. The van der Waals surface area contributed by atoms with Gasteiger partial charge in [-0.2, -0.15) is 0 Å². The second kappa shape index (κ2) is 6.33. The predicted molar refractivity (Wildman–Crippen MR) is 73.0 cm³/mol. The van der Waals surface area contributed by atoms with Crippen LogP contribution in [0.3, 0.4) is 0 Å². The molecular weight excluding hydrogens is 260 g/mol. The molecule has 0 radical (unpaired) electrons. The van der Waals surface area contributed by atoms with Gasteiger partial charge in [-0.3, -0.25) is 9.59 Å². The summed E-state index contributed by atoms with van der Waals surface area (Å²) in [5.41, 5.74) is 5.90. The fourth-order valence-corrected chi connectivity index (χ4v) is 2.09. The Hall–Kier alpha value is -2.15. The first-order valence-corrected chi connectivity index (χ1v) is 6.39. The molecule has 1 aliphatic heterocycles. The van der Waals surface area contributed by atoms with Gasteiger partial charge in [-0.25, -0.2) is 4.98 Å². The molecular formula is C13H18N4O3. The van der Waals surface area contributed by atoms with Crippen LogP contribution in [0.15, 0.2) is 18.3 Å². The number of nitrogens with one attached hydrogen (secondary N) is 1. The van der Waals surface area contributed by atoms with Crippen molar-refractivity contribution in [2.75, 3.05) is 32.5 Å². The molecule has 1 fully saturated rings. The van der Waals surface area contributed by atoms with Gasteiger partial charge in [0.1, 0.15) is 5.82 Å². The van der Waals surface area contributed by atoms with Crippen molar-refractivity contribution in [2.24, 2.45) is 0 Å². The maximum absolute atomic E-state index is 12.0. The Morgan fingerprint density at radius 2 is 2.40 bits per heavy atom. The van der Waals surface area contributed by atoms with Crippen molar-refractivity contribution in [3.63, 3.8) is 0 Å². The first-order valence-electron chi connectivity index (χ1n) is 6.39. The predicted octanol–water partition coefficient (Wildman–Crippen LogP) is -0.359. The second-order valence-corrected chi connectivity index (χ2v) is 4.68. The molecule has 20 heavy (non-hydrogen) atoms. The maximum atomic E-state index is 12.0. The number of rotatable bonds is 5. The summed E-state index contributed by atoms with van der Waals surface area (Å²) in [5, 5.41) is 2.83. The summed E-state index contributed by atoms with van der Waals surface area (Å²) in [7, 11) is 1.59. The Balaban J connectivity index is 1.89. The van der Waals surface area contributed by atoms with Crippen molar-refractivity contribution in [1.82, 2.24) is 15.2 Å². The van der Waals surface area contributed by atoms with Crippen LogP contribution in [-0.4, -0.2) is 54.5 Å². The van der Waals surface area contributed by atoms with Crippen molar-refractivity contribution in [3.05, 3.63) is 23.9 Å². The number of hydrogen-bond donors (Lipinski definition) is 2. The van der Waals surface area contributed by atoms with Crippen molar-refractivity contribution < 1.29 is 14.3 Å². The molecule has 1 atom stereocenters. The lowest BCUT2D eigenvalue weighted by Crippen LogP contribution is -2.37. The summed E-state index contributed by atoms with van der Waals surface area (Å²) < 4.78 is 4.95. The number of ether oxygens (including phenoxy) is 1. The average Bonchev–Trinajstić information content (AvgIpc) is 2.77. The van der Waals surface area contributed by atoms with Gasteiger partial charge >= 0.3 is 0 Å². The van der Waals surface area contributed by atoms with Crippen molar-refractivity contribution in [1.29, 1.82) is 0 Å². The average molecular weight is 278 g/mol. The Labute approximate surface area is 117 Å². The van der Waals surface area contributed by atoms with Crippen LogP contribution in [0, 0.1) is 0 Å². The minimum Gasteiger partial charge on any atom is -0.384 e. The molecule has 2 amide bonds. The van der Waals surface area contributed by atoms with Crippen LogP contribution in [0.2, 0.25) is 0 Å². The Morgan fingerprint density at radius 1 is 1.60 bits per heavy atom. The lowest BCUT2D eigenvalue weighted by molar-refractivity contribution is -0.128. The normalized spacial score (nSPS) is 18.4. The van der Waals surface area contributed by atoms with Gasteiger partial charge in [-0.1, -0.05) is 0 Å². The fourth-order valence-electron chi connectivity index (χ4n) is 2.09. The number of methoxy groups -OCH3 is 1. The molecule has 2 rings (SSSR count). The van der Waals surface area contributed by atoms with Crippen LogP contribution in [0.1, 0.15) is 16.8 Å². The van der Waals surface area contributed by atoms with Crippen LogP contribution in [-0.2, 0) is 9.53 Å². The Bertz CT molecular complexity index is 489. The number of anilines is 1. The molecule has 1 aromatic heterocycles. The van der Waals surface area contributed by atoms with E-state index in [0.717, 1.165) is 0 Å². The zero-order chi connectivity index (χ0) is 14.5. The number of nitrogen functional groups attached to an aromatic ring is 1. The number of pyridine rings is 1. The van der Waals surface area contributed by atoms with Gasteiger partial charge < -0.3 is 20.7 Å². The number of aromatic nitrogens is 1. The number of carbonyl (C=O) groups is 2. The lowest BCUT2D eigenvalue weighted by atomic mass is 10.2. The Kier molecular flexibility index (Phi) is 4.52. The number of carbonyl (C=O) groups excluding carboxylic acids is 2. The molecule has 1 saturated heterocycles. The molecule has 1 aliphatic rings. The van der Waals surface area contributed by atoms with E-state index < -0.39 is 0 Å². The van der Waals surface area contributed by atoms with Gasteiger partial charge in [-0.15, -0.1) is 0 Å². The number of likely N-dealkylation sites (tertiary alicyclic amines) is 1. The fraction of sp³-hybridized carbons (Fsp3) is 0.462. The number of nitrogens with zero attached hydrogens (tertiary/aromatic N) is 2. The first-order chi connectivity index (χ1) is 9.60. The monoisotopic (exact) mass is 278 g/mol. The highest BCUT2D eigenvalue weighted by molar-refractivity contribution is 5.94. The quantitative estimate of drug-likeness (QED) is 0.766. The van der Waals surface area contributed by atoms with Gasteiger partial charge in [0.15, 0.2) is 0 Å². The zero-order valence-electron chi connectivity index (χ0n) is 11.3. The molecule has 7 heteroatoms. The van der Waals surface area contributed by atoms with Crippen molar-refractivity contribution in [3.8, 4) is 0 Å². The molecule has 7 nitrogen and oxygen atoms in total. The van der Waals surface area contributed by atoms with Crippen LogP contribution in [0.5, 0.6) is 0 Å². The van der Waals surface area contributed by atoms with Crippen molar-refractivity contribution in [2.45, 2.75) is 12.5 Å². The van der Waals surface area contributed by atoms with Gasteiger partial charge in [0.2, 0.25) is 5.91 Å². The smallest absolute Gasteiger partial charge is 0.253 e. The third kappa shape index (κ3) is 3.45. The van der Waals surface area contributed by atoms with E-state index in [0.29, 0.717) is 37.5 Å². The van der Waals surface area contributed by atoms with Gasteiger partial charge in [0.25, 0.3) is 5.91 Å². The molecule has 2 heterocycles. The van der Waals surface area contributed by atoms with Gasteiger partial charge in [0, 0.05) is 32.8 Å². The molecule has 1 unspecified atom stereocenters. The van der Waals surface area contributed by atoms with E-state index in [1.54, 1.807) is 24.1 Å². The minimum atomic E-state index is -0.246. The second-order valence-electron chi connectivity index (χ2n) is 4.68. The first kappa shape index (κ1) is 14.3. The summed E-state index contributed by atoms with van der Waals surface area (Å²) in [6.07, 6.45) is 1.74. The highest BCUT2D eigenvalue weighted by atomic mass is 16.5. The van der Waals surface area contributed by atoms with Gasteiger partial charge in [0.05, 0.1) is 18.2 Å². The minimum absolute atomic E-state index is 0.0304. The summed E-state index contributed by atoms with van der Waals surface area (Å²) >= 11 is 0. The Morgan fingerprint density at radius 3 is 3.05 bits per heavy atom. The molecule has 108 valence electrons. The third-order valence-corrected chi connectivity index (χ3v) is 3.16. The number of hydrogen-bond acceptors (Lipinski definition) is 5. The van der Waals surface area contributed by atoms with Crippen LogP contribution < -0.4 is 11.1 Å². The van der Waals surface area contributed by atoms with Crippen molar-refractivity contribution >= 4 is 17.6 Å². The summed E-state index contributed by atoms with van der Waals surface area (Å²) in [4.78, 5) is 29.3. The number of amides is 2. The number of nitrogens with two attached hydrogens (primary N) is 1. The summed E-state index contributed by atoms with van der Waals surface area (Å²) in [5.74, 6) is 0.148. The summed E-state index contributed by atoms with van der Waals surface area (Å²) in [6.45, 7) is 1.55. The van der Waals surface area contributed by atoms with E-state index in [1.165, 1.54) is 6.20 Å². The summed E-state index contributed by atoms with van der Waals surface area (Å²) in [6, 6.07) is 3.00. The van der Waals surface area contributed by atoms with E-state index in [9.17, 15) is 9.59 Å². The highest BCUT2D eigenvalue weighted by Gasteiger charge is 2.30. The van der Waals surface area contributed by atoms with E-state index in [-0.39, 0.29) is 17.9 Å². The van der Waals surface area contributed by atoms with E-state index >= 15 is 0 Å². The largest absolute Gasteiger partial charge is 0.384 e. The zero-order valence-corrected chi connectivity index (χ0v) is 11.3.